The van der Waals surface area contributed by atoms with E-state index in [1.54, 1.807) is 7.11 Å². The molecule has 3 rings (SSSR count). The number of methoxy groups -OCH3 is 1. The van der Waals surface area contributed by atoms with Crippen molar-refractivity contribution in [3.63, 3.8) is 0 Å². The van der Waals surface area contributed by atoms with E-state index in [9.17, 15) is 9.90 Å². The van der Waals surface area contributed by atoms with E-state index in [0.29, 0.717) is 24.6 Å². The summed E-state index contributed by atoms with van der Waals surface area (Å²) in [4.78, 5) is 15.5. The van der Waals surface area contributed by atoms with Gasteiger partial charge in [0.25, 0.3) is 0 Å². The van der Waals surface area contributed by atoms with Crippen molar-refractivity contribution in [1.29, 1.82) is 5.41 Å². The summed E-state index contributed by atoms with van der Waals surface area (Å²) in [7, 11) is 1.70. The average molecular weight is 465 g/mol. The number of ether oxygens (including phenoxy) is 1. The second-order valence-corrected chi connectivity index (χ2v) is 11.5. The molecule has 1 fully saturated rings. The van der Waals surface area contributed by atoms with Gasteiger partial charge < -0.3 is 14.7 Å². The molecular formula is C29H40N2O3. The number of likely N-dealkylation sites (tertiary alicyclic amines) is 1. The van der Waals surface area contributed by atoms with Crippen molar-refractivity contribution in [2.24, 2.45) is 5.92 Å². The van der Waals surface area contributed by atoms with Crippen molar-refractivity contribution in [2.45, 2.75) is 64.7 Å². The molecule has 0 spiro atoms. The Morgan fingerprint density at radius 1 is 1.06 bits per heavy atom. The Bertz CT molecular complexity index is 997. The van der Waals surface area contributed by atoms with Gasteiger partial charge in [-0.1, -0.05) is 71.9 Å². The van der Waals surface area contributed by atoms with Crippen molar-refractivity contribution in [2.75, 3.05) is 26.8 Å². The summed E-state index contributed by atoms with van der Waals surface area (Å²) in [5.41, 5.74) is 2.66. The van der Waals surface area contributed by atoms with E-state index < -0.39 is 0 Å². The second kappa shape index (κ2) is 9.91. The minimum atomic E-state index is -0.301. The van der Waals surface area contributed by atoms with Crippen molar-refractivity contribution in [3.05, 3.63) is 64.7 Å². The molecule has 2 aromatic carbocycles. The standard InChI is InChI=1S/C29H40N2O3/c1-28(2,3)22-15-21(16-23(26(22)33)29(4,5)6)24(32)18-31-17-20(13-14-34-7)25(27(31)30)19-11-9-8-10-12-19/h8-12,15-16,20,25,30,33H,13-14,17-18H2,1-7H3. The number of hydrogen-bond acceptors (Lipinski definition) is 4. The molecule has 34 heavy (non-hydrogen) atoms. The van der Waals surface area contributed by atoms with E-state index in [-0.39, 0.29) is 40.7 Å². The highest BCUT2D eigenvalue weighted by Crippen LogP contribution is 2.40. The van der Waals surface area contributed by atoms with E-state index in [1.165, 1.54) is 0 Å². The molecule has 2 N–H and O–H groups in total. The number of nitrogens with one attached hydrogen (secondary N) is 1. The van der Waals surface area contributed by atoms with Crippen LogP contribution in [0.5, 0.6) is 5.75 Å². The molecular weight excluding hydrogens is 424 g/mol. The lowest BCUT2D eigenvalue weighted by Crippen LogP contribution is -2.32. The lowest BCUT2D eigenvalue weighted by atomic mass is 9.78. The molecule has 0 radical (unpaired) electrons. The quantitative estimate of drug-likeness (QED) is 0.500. The van der Waals surface area contributed by atoms with Gasteiger partial charge in [-0.3, -0.25) is 10.2 Å². The third kappa shape index (κ3) is 5.52. The van der Waals surface area contributed by atoms with Gasteiger partial charge in [-0.25, -0.2) is 0 Å². The highest BCUT2D eigenvalue weighted by molar-refractivity contribution is 6.01. The summed E-state index contributed by atoms with van der Waals surface area (Å²) in [6.45, 7) is 13.7. The summed E-state index contributed by atoms with van der Waals surface area (Å²) in [5, 5.41) is 19.9. The number of carbonyl (C=O) groups is 1. The molecule has 5 heteroatoms. The number of phenols is 1. The summed E-state index contributed by atoms with van der Waals surface area (Å²) in [6, 6.07) is 13.8. The zero-order valence-electron chi connectivity index (χ0n) is 21.7. The maximum absolute atomic E-state index is 13.5. The number of phenolic OH excluding ortho intramolecular Hbond substituents is 1. The SMILES string of the molecule is COCCC1CN(CC(=O)c2cc(C(C)(C)C)c(O)c(C(C)(C)C)c2)C(=N)C1c1ccccc1. The Kier molecular flexibility index (Phi) is 7.56. The number of Topliss-reactive ketones (excluding diaryl/α,β-unsaturated/α-hetero) is 1. The third-order valence-electron chi connectivity index (χ3n) is 6.80. The largest absolute Gasteiger partial charge is 0.507 e. The Morgan fingerprint density at radius 3 is 2.12 bits per heavy atom. The van der Waals surface area contributed by atoms with Gasteiger partial charge in [-0.05, 0) is 40.9 Å². The molecule has 5 nitrogen and oxygen atoms in total. The molecule has 0 bridgehead atoms. The van der Waals surface area contributed by atoms with Gasteiger partial charge in [0.15, 0.2) is 5.78 Å². The van der Waals surface area contributed by atoms with Crippen LogP contribution in [0.3, 0.4) is 0 Å². The lowest BCUT2D eigenvalue weighted by Gasteiger charge is -2.28. The Labute approximate surface area is 204 Å². The van der Waals surface area contributed by atoms with Crippen LogP contribution < -0.4 is 0 Å². The van der Waals surface area contributed by atoms with Gasteiger partial charge in [0, 0.05) is 42.9 Å². The summed E-state index contributed by atoms with van der Waals surface area (Å²) >= 11 is 0. The van der Waals surface area contributed by atoms with Crippen LogP contribution in [-0.4, -0.2) is 48.4 Å². The third-order valence-corrected chi connectivity index (χ3v) is 6.80. The van der Waals surface area contributed by atoms with Gasteiger partial charge in [-0.2, -0.15) is 0 Å². The number of aromatic hydroxyl groups is 1. The molecule has 184 valence electrons. The number of amidine groups is 1. The molecule has 1 aliphatic heterocycles. The fourth-order valence-corrected chi connectivity index (χ4v) is 4.88. The smallest absolute Gasteiger partial charge is 0.182 e. The van der Waals surface area contributed by atoms with Crippen molar-refractivity contribution in [1.82, 2.24) is 4.90 Å². The van der Waals surface area contributed by atoms with Crippen molar-refractivity contribution >= 4 is 11.6 Å². The fourth-order valence-electron chi connectivity index (χ4n) is 4.88. The van der Waals surface area contributed by atoms with Gasteiger partial charge >= 0.3 is 0 Å². The van der Waals surface area contributed by atoms with Crippen molar-refractivity contribution < 1.29 is 14.6 Å². The zero-order chi connectivity index (χ0) is 25.3. The van der Waals surface area contributed by atoms with Crippen molar-refractivity contribution in [3.8, 4) is 5.75 Å². The number of ketones is 1. The van der Waals surface area contributed by atoms with Gasteiger partial charge in [0.2, 0.25) is 0 Å². The number of benzene rings is 2. The monoisotopic (exact) mass is 464 g/mol. The molecule has 1 saturated heterocycles. The lowest BCUT2D eigenvalue weighted by molar-refractivity contribution is 0.0961. The zero-order valence-corrected chi connectivity index (χ0v) is 21.7. The van der Waals surface area contributed by atoms with Crippen LogP contribution in [0, 0.1) is 11.3 Å². The minimum Gasteiger partial charge on any atom is -0.507 e. The second-order valence-electron chi connectivity index (χ2n) is 11.5. The van der Waals surface area contributed by atoms with E-state index in [2.05, 4.69) is 12.1 Å². The van der Waals surface area contributed by atoms with E-state index in [0.717, 1.165) is 23.1 Å². The summed E-state index contributed by atoms with van der Waals surface area (Å²) < 4.78 is 5.33. The minimum absolute atomic E-state index is 0.0278. The number of rotatable bonds is 7. The predicted octanol–water partition coefficient (Wildman–Crippen LogP) is 5.90. The highest BCUT2D eigenvalue weighted by Gasteiger charge is 2.39. The molecule has 1 heterocycles. The molecule has 0 aliphatic carbocycles. The number of nitrogens with zero attached hydrogens (tertiary/aromatic N) is 1. The maximum Gasteiger partial charge on any atom is 0.182 e. The van der Waals surface area contributed by atoms with Crippen LogP contribution >= 0.6 is 0 Å². The Hall–Kier alpha value is -2.66. The number of hydrogen-bond donors (Lipinski definition) is 2. The van der Waals surface area contributed by atoms with Crippen LogP contribution in [0.25, 0.3) is 0 Å². The molecule has 2 atom stereocenters. The fraction of sp³-hybridized carbons (Fsp3) is 0.517. The molecule has 1 aliphatic rings. The number of carbonyl (C=O) groups excluding carboxylic acids is 1. The molecule has 0 saturated carbocycles. The van der Waals surface area contributed by atoms with Crippen LogP contribution in [0.1, 0.15) is 80.9 Å². The van der Waals surface area contributed by atoms with E-state index >= 15 is 0 Å². The average Bonchev–Trinajstić information content (AvgIpc) is 3.06. The van der Waals surface area contributed by atoms with Gasteiger partial charge in [0.05, 0.1) is 6.54 Å². The molecule has 0 aromatic heterocycles. The van der Waals surface area contributed by atoms with Crippen LogP contribution in [-0.2, 0) is 15.6 Å². The van der Waals surface area contributed by atoms with Gasteiger partial charge in [-0.15, -0.1) is 0 Å². The van der Waals surface area contributed by atoms with E-state index in [1.807, 2.05) is 76.8 Å². The van der Waals surface area contributed by atoms with Crippen LogP contribution in [0.4, 0.5) is 0 Å². The van der Waals surface area contributed by atoms with Crippen LogP contribution in [0.15, 0.2) is 42.5 Å². The normalized spacial score (nSPS) is 19.0. The Balaban J connectivity index is 1.92. The van der Waals surface area contributed by atoms with Gasteiger partial charge in [0.1, 0.15) is 11.6 Å². The highest BCUT2D eigenvalue weighted by atomic mass is 16.5. The topological polar surface area (TPSA) is 73.6 Å². The first-order valence-electron chi connectivity index (χ1n) is 12.1. The first-order chi connectivity index (χ1) is 15.8. The Morgan fingerprint density at radius 2 is 1.62 bits per heavy atom. The summed E-state index contributed by atoms with van der Waals surface area (Å²) in [5.74, 6) is 0.915. The molecule has 2 aromatic rings. The predicted molar refractivity (Wildman–Crippen MR) is 138 cm³/mol. The first kappa shape index (κ1) is 26.0. The molecule has 0 amide bonds. The molecule has 2 unspecified atom stereocenters. The summed E-state index contributed by atoms with van der Waals surface area (Å²) in [6.07, 6.45) is 0.838. The van der Waals surface area contributed by atoms with E-state index in [4.69, 9.17) is 10.1 Å². The first-order valence-corrected chi connectivity index (χ1v) is 12.1. The van der Waals surface area contributed by atoms with Crippen LogP contribution in [0.2, 0.25) is 0 Å². The maximum atomic E-state index is 13.5.